The van der Waals surface area contributed by atoms with Crippen LogP contribution in [0.1, 0.15) is 24.6 Å². The summed E-state index contributed by atoms with van der Waals surface area (Å²) in [6, 6.07) is 7.38. The van der Waals surface area contributed by atoms with E-state index in [9.17, 15) is 0 Å². The van der Waals surface area contributed by atoms with Gasteiger partial charge in [0.15, 0.2) is 0 Å². The summed E-state index contributed by atoms with van der Waals surface area (Å²) in [7, 11) is 0. The van der Waals surface area contributed by atoms with E-state index in [1.807, 2.05) is 18.2 Å². The number of nitrogens with one attached hydrogen (secondary N) is 2. The Bertz CT molecular complexity index is 645. The van der Waals surface area contributed by atoms with Crippen molar-refractivity contribution >= 4 is 44.9 Å². The Kier molecular flexibility index (Phi) is 3.78. The van der Waals surface area contributed by atoms with Crippen LogP contribution in [0.4, 0.5) is 17.3 Å². The predicted molar refractivity (Wildman–Crippen MR) is 84.3 cm³/mol. The van der Waals surface area contributed by atoms with Gasteiger partial charge in [0.2, 0.25) is 0 Å². The van der Waals surface area contributed by atoms with Gasteiger partial charge in [-0.15, -0.1) is 0 Å². The molecule has 0 spiro atoms. The molecule has 0 bridgehead atoms. The fourth-order valence-corrected chi connectivity index (χ4v) is 2.35. The fraction of sp³-hybridized carbons (Fsp3) is 0.231. The van der Waals surface area contributed by atoms with E-state index in [0.29, 0.717) is 22.6 Å². The average Bonchev–Trinajstić information content (AvgIpc) is 3.27. The molecule has 4 N–H and O–H groups in total. The van der Waals surface area contributed by atoms with E-state index in [4.69, 9.17) is 17.4 Å². The number of halogens is 2. The van der Waals surface area contributed by atoms with Crippen molar-refractivity contribution in [2.24, 2.45) is 5.84 Å². The van der Waals surface area contributed by atoms with Gasteiger partial charge in [0.25, 0.3) is 0 Å². The van der Waals surface area contributed by atoms with Crippen molar-refractivity contribution in [2.45, 2.75) is 18.8 Å². The molecule has 5 nitrogen and oxygen atoms in total. The molecule has 1 saturated carbocycles. The number of nitrogen functional groups attached to an aromatic ring is 1. The van der Waals surface area contributed by atoms with Crippen LogP contribution in [0.5, 0.6) is 0 Å². The number of hydrogen-bond donors (Lipinski definition) is 3. The number of anilines is 3. The van der Waals surface area contributed by atoms with Crippen molar-refractivity contribution < 1.29 is 0 Å². The number of hydrogen-bond acceptors (Lipinski definition) is 5. The average molecular weight is 355 g/mol. The van der Waals surface area contributed by atoms with Crippen LogP contribution in [-0.4, -0.2) is 9.97 Å². The van der Waals surface area contributed by atoms with Crippen molar-refractivity contribution in [3.05, 3.63) is 39.6 Å². The van der Waals surface area contributed by atoms with Gasteiger partial charge in [0, 0.05) is 22.1 Å². The van der Waals surface area contributed by atoms with Crippen LogP contribution in [-0.2, 0) is 0 Å². The lowest BCUT2D eigenvalue weighted by molar-refractivity contribution is 0.929. The summed E-state index contributed by atoms with van der Waals surface area (Å²) in [5, 5.41) is 3.90. The minimum Gasteiger partial charge on any atom is -0.340 e. The summed E-state index contributed by atoms with van der Waals surface area (Å²) >= 11 is 9.38. The summed E-state index contributed by atoms with van der Waals surface area (Å²) in [5.74, 6) is 8.06. The standard InChI is InChI=1S/C13H13BrClN5/c14-9-5-8(3-4-10(9)15)17-11-6-12(20-16)19-13(18-11)7-1-2-7/h3-7H,1-2,16H2,(H2,17,18,19,20). The van der Waals surface area contributed by atoms with Gasteiger partial charge in [0.05, 0.1) is 5.02 Å². The number of benzene rings is 1. The second-order valence-electron chi connectivity index (χ2n) is 4.67. The first-order valence-electron chi connectivity index (χ1n) is 6.23. The van der Waals surface area contributed by atoms with Crippen LogP contribution < -0.4 is 16.6 Å². The van der Waals surface area contributed by atoms with E-state index < -0.39 is 0 Å². The molecule has 1 aliphatic carbocycles. The molecule has 0 saturated heterocycles. The summed E-state index contributed by atoms with van der Waals surface area (Å²) in [4.78, 5) is 8.89. The maximum Gasteiger partial charge on any atom is 0.145 e. The fourth-order valence-electron chi connectivity index (χ4n) is 1.85. The van der Waals surface area contributed by atoms with Gasteiger partial charge in [-0.3, -0.25) is 0 Å². The lowest BCUT2D eigenvalue weighted by Crippen LogP contribution is -2.11. The molecule has 1 heterocycles. The molecule has 1 aliphatic rings. The SMILES string of the molecule is NNc1cc(Nc2ccc(Cl)c(Br)c2)nc(C2CC2)n1. The highest BCUT2D eigenvalue weighted by molar-refractivity contribution is 9.10. The Morgan fingerprint density at radius 1 is 1.20 bits per heavy atom. The summed E-state index contributed by atoms with van der Waals surface area (Å²) < 4.78 is 0.831. The molecule has 3 rings (SSSR count). The number of hydrazine groups is 1. The van der Waals surface area contributed by atoms with Gasteiger partial charge in [-0.05, 0) is 47.0 Å². The Hall–Kier alpha value is -1.37. The van der Waals surface area contributed by atoms with Crippen LogP contribution in [0.3, 0.4) is 0 Å². The molecule has 2 aromatic rings. The van der Waals surface area contributed by atoms with Gasteiger partial charge in [-0.25, -0.2) is 15.8 Å². The highest BCUT2D eigenvalue weighted by Gasteiger charge is 2.27. The number of rotatable bonds is 4. The van der Waals surface area contributed by atoms with Gasteiger partial charge in [-0.2, -0.15) is 0 Å². The second-order valence-corrected chi connectivity index (χ2v) is 5.93. The predicted octanol–water partition coefficient (Wildman–Crippen LogP) is 3.80. The van der Waals surface area contributed by atoms with E-state index in [2.05, 4.69) is 36.6 Å². The topological polar surface area (TPSA) is 75.9 Å². The highest BCUT2D eigenvalue weighted by Crippen LogP contribution is 2.39. The van der Waals surface area contributed by atoms with E-state index >= 15 is 0 Å². The maximum atomic E-state index is 5.98. The zero-order chi connectivity index (χ0) is 14.1. The smallest absolute Gasteiger partial charge is 0.145 e. The normalized spacial score (nSPS) is 14.2. The van der Waals surface area contributed by atoms with Crippen LogP contribution >= 0.6 is 27.5 Å². The molecule has 1 aromatic heterocycles. The quantitative estimate of drug-likeness (QED) is 0.575. The van der Waals surface area contributed by atoms with Crippen molar-refractivity contribution in [3.8, 4) is 0 Å². The number of aromatic nitrogens is 2. The molecule has 0 atom stereocenters. The van der Waals surface area contributed by atoms with Gasteiger partial charge in [-0.1, -0.05) is 11.6 Å². The highest BCUT2D eigenvalue weighted by atomic mass is 79.9. The van der Waals surface area contributed by atoms with Gasteiger partial charge in [0.1, 0.15) is 17.5 Å². The molecule has 0 radical (unpaired) electrons. The van der Waals surface area contributed by atoms with Crippen molar-refractivity contribution in [1.82, 2.24) is 9.97 Å². The third kappa shape index (κ3) is 3.03. The molecule has 7 heteroatoms. The lowest BCUT2D eigenvalue weighted by Gasteiger charge is -2.10. The monoisotopic (exact) mass is 353 g/mol. The molecule has 20 heavy (non-hydrogen) atoms. The van der Waals surface area contributed by atoms with Crippen LogP contribution in [0.15, 0.2) is 28.7 Å². The van der Waals surface area contributed by atoms with Crippen LogP contribution in [0, 0.1) is 0 Å². The maximum absolute atomic E-state index is 5.98. The Labute approximate surface area is 130 Å². The van der Waals surface area contributed by atoms with Crippen LogP contribution in [0.25, 0.3) is 0 Å². The number of nitrogens with zero attached hydrogens (tertiary/aromatic N) is 2. The lowest BCUT2D eigenvalue weighted by atomic mass is 10.3. The first kappa shape index (κ1) is 13.6. The van der Waals surface area contributed by atoms with Crippen molar-refractivity contribution in [3.63, 3.8) is 0 Å². The van der Waals surface area contributed by atoms with Crippen LogP contribution in [0.2, 0.25) is 5.02 Å². The third-order valence-corrected chi connectivity index (χ3v) is 4.24. The summed E-state index contributed by atoms with van der Waals surface area (Å²) in [6.45, 7) is 0. The first-order valence-corrected chi connectivity index (χ1v) is 7.40. The molecule has 1 fully saturated rings. The van der Waals surface area contributed by atoms with E-state index in [0.717, 1.165) is 28.8 Å². The zero-order valence-corrected chi connectivity index (χ0v) is 12.9. The molecule has 0 amide bonds. The summed E-state index contributed by atoms with van der Waals surface area (Å²) in [6.07, 6.45) is 2.28. The van der Waals surface area contributed by atoms with Gasteiger partial charge >= 0.3 is 0 Å². The third-order valence-electron chi connectivity index (χ3n) is 3.03. The van der Waals surface area contributed by atoms with Crippen molar-refractivity contribution in [1.29, 1.82) is 0 Å². The molecular formula is C13H13BrClN5. The number of nitrogens with two attached hydrogens (primary N) is 1. The molecule has 1 aromatic carbocycles. The largest absolute Gasteiger partial charge is 0.340 e. The van der Waals surface area contributed by atoms with E-state index in [1.54, 1.807) is 6.07 Å². The zero-order valence-electron chi connectivity index (χ0n) is 10.5. The van der Waals surface area contributed by atoms with E-state index in [-0.39, 0.29) is 0 Å². The summed E-state index contributed by atoms with van der Waals surface area (Å²) in [5.41, 5.74) is 3.47. The minimum absolute atomic E-state index is 0.459. The Balaban J connectivity index is 1.88. The minimum atomic E-state index is 0.459. The molecule has 0 unspecified atom stereocenters. The van der Waals surface area contributed by atoms with E-state index in [1.165, 1.54) is 0 Å². The van der Waals surface area contributed by atoms with Gasteiger partial charge < -0.3 is 10.7 Å². The Morgan fingerprint density at radius 3 is 2.60 bits per heavy atom. The first-order chi connectivity index (χ1) is 9.65. The second kappa shape index (κ2) is 5.55. The molecular weight excluding hydrogens is 342 g/mol. The Morgan fingerprint density at radius 2 is 1.95 bits per heavy atom. The molecule has 104 valence electrons. The molecule has 0 aliphatic heterocycles. The van der Waals surface area contributed by atoms with Crippen molar-refractivity contribution in [2.75, 3.05) is 10.7 Å².